The van der Waals surface area contributed by atoms with Gasteiger partial charge < -0.3 is 14.6 Å². The van der Waals surface area contributed by atoms with Gasteiger partial charge in [-0.3, -0.25) is 10.1 Å². The van der Waals surface area contributed by atoms with E-state index in [0.717, 1.165) is 0 Å². The van der Waals surface area contributed by atoms with Crippen LogP contribution in [0, 0.1) is 10.1 Å². The highest BCUT2D eigenvalue weighted by molar-refractivity contribution is 5.33. The minimum atomic E-state index is -0.544. The molecule has 1 N–H and O–H groups in total. The molecule has 1 heterocycles. The summed E-state index contributed by atoms with van der Waals surface area (Å²) < 4.78 is 10.6. The van der Waals surface area contributed by atoms with E-state index in [4.69, 9.17) is 14.6 Å². The zero-order valence-corrected chi connectivity index (χ0v) is 8.41. The molecule has 6 heteroatoms. The molecule has 0 aromatic heterocycles. The summed E-state index contributed by atoms with van der Waals surface area (Å²) in [6.45, 7) is 0.238. The summed E-state index contributed by atoms with van der Waals surface area (Å²) in [5.74, 6) is 0. The van der Waals surface area contributed by atoms with Gasteiger partial charge in [-0.2, -0.15) is 0 Å². The van der Waals surface area contributed by atoms with Crippen LogP contribution < -0.4 is 0 Å². The van der Waals surface area contributed by atoms with Gasteiger partial charge in [-0.15, -0.1) is 0 Å². The molecule has 16 heavy (non-hydrogen) atoms. The average molecular weight is 225 g/mol. The molecule has 1 aromatic rings. The molecule has 0 unspecified atom stereocenters. The number of aliphatic hydroxyl groups excluding tert-OH is 1. The Morgan fingerprint density at radius 3 is 2.62 bits per heavy atom. The van der Waals surface area contributed by atoms with Crippen molar-refractivity contribution >= 4 is 5.69 Å². The largest absolute Gasteiger partial charge is 0.394 e. The second-order valence-corrected chi connectivity index (χ2v) is 3.45. The van der Waals surface area contributed by atoms with E-state index >= 15 is 0 Å². The molecule has 2 atom stereocenters. The number of rotatable bonds is 3. The Morgan fingerprint density at radius 1 is 1.44 bits per heavy atom. The highest BCUT2D eigenvalue weighted by Gasteiger charge is 2.26. The zero-order chi connectivity index (χ0) is 11.5. The highest BCUT2D eigenvalue weighted by Crippen LogP contribution is 2.27. The third-order valence-corrected chi connectivity index (χ3v) is 2.33. The number of hydrogen-bond donors (Lipinski definition) is 1. The lowest BCUT2D eigenvalue weighted by Gasteiger charge is -2.09. The van der Waals surface area contributed by atoms with Crippen molar-refractivity contribution < 1.29 is 19.5 Å². The van der Waals surface area contributed by atoms with Crippen molar-refractivity contribution in [2.24, 2.45) is 0 Å². The Kier molecular flexibility index (Phi) is 3.14. The van der Waals surface area contributed by atoms with Crippen LogP contribution in [0.5, 0.6) is 0 Å². The molecule has 0 aliphatic carbocycles. The Bertz CT molecular complexity index is 377. The summed E-state index contributed by atoms with van der Waals surface area (Å²) in [5.41, 5.74) is 0.738. The predicted molar refractivity (Wildman–Crippen MR) is 53.7 cm³/mol. The van der Waals surface area contributed by atoms with E-state index in [1.54, 1.807) is 12.1 Å². The number of nitro groups is 1. The number of aliphatic hydroxyl groups is 1. The van der Waals surface area contributed by atoms with Gasteiger partial charge in [0.25, 0.3) is 5.69 Å². The maximum absolute atomic E-state index is 10.4. The number of nitro benzene ring substituents is 1. The van der Waals surface area contributed by atoms with E-state index in [-0.39, 0.29) is 18.4 Å². The average Bonchev–Trinajstić information content (AvgIpc) is 2.77. The van der Waals surface area contributed by atoms with Crippen molar-refractivity contribution in [1.82, 2.24) is 0 Å². The lowest BCUT2D eigenvalue weighted by molar-refractivity contribution is -0.384. The normalized spacial score (nSPS) is 24.6. The number of nitrogens with zero attached hydrogens (tertiary/aromatic N) is 1. The van der Waals surface area contributed by atoms with E-state index in [0.29, 0.717) is 12.2 Å². The van der Waals surface area contributed by atoms with Gasteiger partial charge in [-0.25, -0.2) is 0 Å². The van der Waals surface area contributed by atoms with Gasteiger partial charge in [-0.05, 0) is 12.1 Å². The monoisotopic (exact) mass is 225 g/mol. The third-order valence-electron chi connectivity index (χ3n) is 2.33. The number of benzene rings is 1. The molecule has 1 aromatic carbocycles. The molecule has 0 bridgehead atoms. The molecule has 6 nitrogen and oxygen atoms in total. The van der Waals surface area contributed by atoms with E-state index < -0.39 is 11.2 Å². The van der Waals surface area contributed by atoms with E-state index in [1.165, 1.54) is 12.1 Å². The first-order valence-corrected chi connectivity index (χ1v) is 4.83. The standard InChI is InChI=1S/C10H11NO5/c12-5-9-6-15-10(16-9)7-1-3-8(4-2-7)11(13)14/h1-4,9-10,12H,5-6H2/t9-,10-/m1/s1. The zero-order valence-electron chi connectivity index (χ0n) is 8.41. The Labute approximate surface area is 91.6 Å². The Balaban J connectivity index is 2.08. The van der Waals surface area contributed by atoms with Crippen molar-refractivity contribution in [3.05, 3.63) is 39.9 Å². The van der Waals surface area contributed by atoms with E-state index in [2.05, 4.69) is 0 Å². The van der Waals surface area contributed by atoms with Crippen LogP contribution in [0.25, 0.3) is 0 Å². The summed E-state index contributed by atoms with van der Waals surface area (Å²) in [5, 5.41) is 19.3. The van der Waals surface area contributed by atoms with Crippen molar-refractivity contribution in [2.45, 2.75) is 12.4 Å². The summed E-state index contributed by atoms with van der Waals surface area (Å²) in [6, 6.07) is 5.97. The molecule has 0 amide bonds. The SMILES string of the molecule is O=[N+]([O-])c1ccc([C@@H]2OC[C@@H](CO)O2)cc1. The number of hydrogen-bond acceptors (Lipinski definition) is 5. The van der Waals surface area contributed by atoms with Gasteiger partial charge >= 0.3 is 0 Å². The second kappa shape index (κ2) is 4.56. The van der Waals surface area contributed by atoms with Gasteiger partial charge in [-0.1, -0.05) is 0 Å². The maximum Gasteiger partial charge on any atom is 0.269 e. The van der Waals surface area contributed by atoms with Crippen LogP contribution in [-0.4, -0.2) is 29.3 Å². The molecule has 2 rings (SSSR count). The predicted octanol–water partition coefficient (Wildman–Crippen LogP) is 1.00. The van der Waals surface area contributed by atoms with Crippen LogP contribution in [0.2, 0.25) is 0 Å². The van der Waals surface area contributed by atoms with Crippen LogP contribution in [0.4, 0.5) is 5.69 Å². The van der Waals surface area contributed by atoms with E-state index in [1.807, 2.05) is 0 Å². The van der Waals surface area contributed by atoms with Crippen molar-refractivity contribution in [2.75, 3.05) is 13.2 Å². The van der Waals surface area contributed by atoms with Gasteiger partial charge in [0, 0.05) is 17.7 Å². The molecule has 1 aliphatic rings. The fraction of sp³-hybridized carbons (Fsp3) is 0.400. The molecule has 0 spiro atoms. The van der Waals surface area contributed by atoms with Gasteiger partial charge in [0.05, 0.1) is 18.1 Å². The molecular formula is C10H11NO5. The van der Waals surface area contributed by atoms with Crippen molar-refractivity contribution in [1.29, 1.82) is 0 Å². The third kappa shape index (κ3) is 2.19. The van der Waals surface area contributed by atoms with Crippen molar-refractivity contribution in [3.8, 4) is 0 Å². The minimum Gasteiger partial charge on any atom is -0.394 e. The van der Waals surface area contributed by atoms with E-state index in [9.17, 15) is 10.1 Å². The fourth-order valence-corrected chi connectivity index (χ4v) is 1.47. The first-order chi connectivity index (χ1) is 7.70. The van der Waals surface area contributed by atoms with Gasteiger partial charge in [0.15, 0.2) is 6.29 Å². The first-order valence-electron chi connectivity index (χ1n) is 4.83. The van der Waals surface area contributed by atoms with Gasteiger partial charge in [0.2, 0.25) is 0 Å². The summed E-state index contributed by atoms with van der Waals surface area (Å²) >= 11 is 0. The Morgan fingerprint density at radius 2 is 2.12 bits per heavy atom. The summed E-state index contributed by atoms with van der Waals surface area (Å²) in [7, 11) is 0. The van der Waals surface area contributed by atoms with Crippen LogP contribution in [-0.2, 0) is 9.47 Å². The quantitative estimate of drug-likeness (QED) is 0.613. The van der Waals surface area contributed by atoms with Crippen LogP contribution in [0.3, 0.4) is 0 Å². The topological polar surface area (TPSA) is 81.8 Å². The smallest absolute Gasteiger partial charge is 0.269 e. The molecule has 1 saturated heterocycles. The molecule has 1 fully saturated rings. The van der Waals surface area contributed by atoms with Gasteiger partial charge in [0.1, 0.15) is 6.10 Å². The summed E-state index contributed by atoms with van der Waals surface area (Å²) in [4.78, 5) is 9.98. The lowest BCUT2D eigenvalue weighted by atomic mass is 10.2. The van der Waals surface area contributed by atoms with Crippen LogP contribution in [0.1, 0.15) is 11.9 Å². The fourth-order valence-electron chi connectivity index (χ4n) is 1.47. The second-order valence-electron chi connectivity index (χ2n) is 3.45. The van der Waals surface area contributed by atoms with Crippen LogP contribution in [0.15, 0.2) is 24.3 Å². The van der Waals surface area contributed by atoms with Crippen molar-refractivity contribution in [3.63, 3.8) is 0 Å². The number of ether oxygens (including phenoxy) is 2. The lowest BCUT2D eigenvalue weighted by Crippen LogP contribution is -2.14. The first kappa shape index (κ1) is 11.0. The molecule has 86 valence electrons. The molecule has 0 saturated carbocycles. The molecular weight excluding hydrogens is 214 g/mol. The highest BCUT2D eigenvalue weighted by atomic mass is 16.7. The number of non-ortho nitro benzene ring substituents is 1. The Hall–Kier alpha value is -1.50. The summed E-state index contributed by atoms with van der Waals surface area (Å²) in [6.07, 6.45) is -0.863. The maximum atomic E-state index is 10.4. The molecule has 1 aliphatic heterocycles. The molecule has 0 radical (unpaired) electrons. The van der Waals surface area contributed by atoms with Crippen LogP contribution >= 0.6 is 0 Å². The minimum absolute atomic E-state index is 0.0282.